The highest BCUT2D eigenvalue weighted by molar-refractivity contribution is 5.81. The standard InChI is InChI=1S/C13H15NO/c1-9-6-12-7-10-4-2-3-5-11(10)8-14(12)13(9)15/h2-5,9,12H,6-8H2,1H3. The molecule has 2 atom stereocenters. The van der Waals surface area contributed by atoms with Crippen molar-refractivity contribution in [3.8, 4) is 0 Å². The molecule has 78 valence electrons. The number of carbonyl (C=O) groups excluding carboxylic acids is 1. The van der Waals surface area contributed by atoms with Gasteiger partial charge in [0.1, 0.15) is 0 Å². The van der Waals surface area contributed by atoms with Crippen molar-refractivity contribution < 1.29 is 4.79 Å². The summed E-state index contributed by atoms with van der Waals surface area (Å²) < 4.78 is 0. The summed E-state index contributed by atoms with van der Waals surface area (Å²) >= 11 is 0. The molecule has 0 aromatic heterocycles. The van der Waals surface area contributed by atoms with Crippen LogP contribution in [0.4, 0.5) is 0 Å². The van der Waals surface area contributed by atoms with Crippen LogP contribution in [0.2, 0.25) is 0 Å². The van der Waals surface area contributed by atoms with Gasteiger partial charge in [-0.05, 0) is 24.0 Å². The molecule has 0 aliphatic carbocycles. The van der Waals surface area contributed by atoms with E-state index in [0.717, 1.165) is 19.4 Å². The van der Waals surface area contributed by atoms with E-state index in [1.54, 1.807) is 0 Å². The monoisotopic (exact) mass is 201 g/mol. The second kappa shape index (κ2) is 3.09. The Kier molecular flexibility index (Phi) is 1.84. The Balaban J connectivity index is 1.97. The second-order valence-corrected chi connectivity index (χ2v) is 4.73. The third kappa shape index (κ3) is 1.28. The van der Waals surface area contributed by atoms with Crippen molar-refractivity contribution in [3.05, 3.63) is 35.4 Å². The van der Waals surface area contributed by atoms with Crippen LogP contribution in [0.5, 0.6) is 0 Å². The Labute approximate surface area is 89.9 Å². The molecule has 1 amide bonds. The number of carbonyl (C=O) groups is 1. The van der Waals surface area contributed by atoms with Crippen molar-refractivity contribution in [1.82, 2.24) is 4.90 Å². The normalized spacial score (nSPS) is 28.9. The third-order valence-corrected chi connectivity index (χ3v) is 3.69. The average molecular weight is 201 g/mol. The van der Waals surface area contributed by atoms with E-state index >= 15 is 0 Å². The highest BCUT2D eigenvalue weighted by Gasteiger charge is 2.39. The first-order valence-electron chi connectivity index (χ1n) is 5.63. The maximum atomic E-state index is 11.9. The smallest absolute Gasteiger partial charge is 0.226 e. The van der Waals surface area contributed by atoms with Gasteiger partial charge in [-0.25, -0.2) is 0 Å². The summed E-state index contributed by atoms with van der Waals surface area (Å²) in [5, 5.41) is 0. The SMILES string of the molecule is CC1CC2Cc3ccccc3CN2C1=O. The summed E-state index contributed by atoms with van der Waals surface area (Å²) in [4.78, 5) is 13.9. The van der Waals surface area contributed by atoms with E-state index in [0.29, 0.717) is 11.9 Å². The van der Waals surface area contributed by atoms with Crippen molar-refractivity contribution in [2.75, 3.05) is 0 Å². The van der Waals surface area contributed by atoms with Crippen LogP contribution in [0.3, 0.4) is 0 Å². The van der Waals surface area contributed by atoms with E-state index in [1.807, 2.05) is 6.92 Å². The van der Waals surface area contributed by atoms with Gasteiger partial charge in [-0.3, -0.25) is 4.79 Å². The molecule has 0 radical (unpaired) electrons. The molecule has 2 nitrogen and oxygen atoms in total. The molecule has 2 aliphatic heterocycles. The molecule has 2 unspecified atom stereocenters. The number of hydrogen-bond donors (Lipinski definition) is 0. The number of fused-ring (bicyclic) bond motifs is 2. The van der Waals surface area contributed by atoms with Crippen LogP contribution in [0.1, 0.15) is 24.5 Å². The lowest BCUT2D eigenvalue weighted by Gasteiger charge is -2.31. The number of hydrogen-bond acceptors (Lipinski definition) is 1. The van der Waals surface area contributed by atoms with Gasteiger partial charge in [-0.2, -0.15) is 0 Å². The predicted octanol–water partition coefficient (Wildman–Crippen LogP) is 1.98. The molecule has 3 rings (SSSR count). The van der Waals surface area contributed by atoms with Crippen LogP contribution in [0.15, 0.2) is 24.3 Å². The molecule has 2 heteroatoms. The first-order valence-corrected chi connectivity index (χ1v) is 5.63. The molecule has 2 heterocycles. The Morgan fingerprint density at radius 2 is 2.00 bits per heavy atom. The van der Waals surface area contributed by atoms with Crippen LogP contribution < -0.4 is 0 Å². The number of benzene rings is 1. The number of nitrogens with zero attached hydrogens (tertiary/aromatic N) is 1. The minimum absolute atomic E-state index is 0.226. The molecule has 15 heavy (non-hydrogen) atoms. The van der Waals surface area contributed by atoms with E-state index < -0.39 is 0 Å². The van der Waals surface area contributed by atoms with Crippen LogP contribution in [0.25, 0.3) is 0 Å². The summed E-state index contributed by atoms with van der Waals surface area (Å²) in [6.07, 6.45) is 2.08. The van der Waals surface area contributed by atoms with Crippen molar-refractivity contribution in [2.24, 2.45) is 5.92 Å². The fraction of sp³-hybridized carbons (Fsp3) is 0.462. The molecule has 1 saturated heterocycles. The largest absolute Gasteiger partial charge is 0.335 e. The summed E-state index contributed by atoms with van der Waals surface area (Å²) in [7, 11) is 0. The van der Waals surface area contributed by atoms with E-state index in [-0.39, 0.29) is 5.92 Å². The van der Waals surface area contributed by atoms with Gasteiger partial charge in [0.15, 0.2) is 0 Å². The molecule has 1 fully saturated rings. The Hall–Kier alpha value is -1.31. The molecular formula is C13H15NO. The first kappa shape index (κ1) is 8.96. The Bertz CT molecular complexity index is 413. The zero-order chi connectivity index (χ0) is 10.4. The van der Waals surface area contributed by atoms with E-state index in [4.69, 9.17) is 0 Å². The fourth-order valence-electron chi connectivity index (χ4n) is 2.85. The summed E-state index contributed by atoms with van der Waals surface area (Å²) in [6.45, 7) is 2.87. The van der Waals surface area contributed by atoms with E-state index in [1.165, 1.54) is 11.1 Å². The van der Waals surface area contributed by atoms with E-state index in [2.05, 4.69) is 29.2 Å². The second-order valence-electron chi connectivity index (χ2n) is 4.73. The van der Waals surface area contributed by atoms with Crippen LogP contribution in [-0.4, -0.2) is 16.8 Å². The molecule has 0 N–H and O–H groups in total. The number of rotatable bonds is 0. The van der Waals surface area contributed by atoms with Crippen molar-refractivity contribution in [2.45, 2.75) is 32.4 Å². The minimum Gasteiger partial charge on any atom is -0.335 e. The van der Waals surface area contributed by atoms with Gasteiger partial charge in [0.25, 0.3) is 0 Å². The average Bonchev–Trinajstić information content (AvgIpc) is 2.52. The van der Waals surface area contributed by atoms with Crippen molar-refractivity contribution >= 4 is 5.91 Å². The van der Waals surface area contributed by atoms with Gasteiger partial charge in [-0.1, -0.05) is 31.2 Å². The lowest BCUT2D eigenvalue weighted by atomic mass is 9.94. The zero-order valence-corrected chi connectivity index (χ0v) is 8.94. The molecule has 0 bridgehead atoms. The van der Waals surface area contributed by atoms with Gasteiger partial charge < -0.3 is 4.90 Å². The van der Waals surface area contributed by atoms with Gasteiger partial charge in [0.2, 0.25) is 5.91 Å². The van der Waals surface area contributed by atoms with E-state index in [9.17, 15) is 4.79 Å². The van der Waals surface area contributed by atoms with Crippen molar-refractivity contribution in [1.29, 1.82) is 0 Å². The summed E-state index contributed by atoms with van der Waals surface area (Å²) in [5.74, 6) is 0.568. The first-order chi connectivity index (χ1) is 7.25. The number of amides is 1. The Morgan fingerprint density at radius 1 is 1.27 bits per heavy atom. The topological polar surface area (TPSA) is 20.3 Å². The van der Waals surface area contributed by atoms with Crippen molar-refractivity contribution in [3.63, 3.8) is 0 Å². The lowest BCUT2D eigenvalue weighted by Crippen LogP contribution is -2.38. The van der Waals surface area contributed by atoms with Gasteiger partial charge in [0, 0.05) is 18.5 Å². The van der Waals surface area contributed by atoms with Gasteiger partial charge in [-0.15, -0.1) is 0 Å². The molecule has 1 aromatic carbocycles. The van der Waals surface area contributed by atoms with Gasteiger partial charge >= 0.3 is 0 Å². The third-order valence-electron chi connectivity index (χ3n) is 3.69. The molecule has 0 spiro atoms. The summed E-state index contributed by atoms with van der Waals surface area (Å²) in [5.41, 5.74) is 2.76. The van der Waals surface area contributed by atoms with Crippen LogP contribution in [-0.2, 0) is 17.8 Å². The predicted molar refractivity (Wildman–Crippen MR) is 58.3 cm³/mol. The molecule has 0 saturated carbocycles. The Morgan fingerprint density at radius 3 is 2.80 bits per heavy atom. The fourth-order valence-corrected chi connectivity index (χ4v) is 2.85. The molecule has 2 aliphatic rings. The lowest BCUT2D eigenvalue weighted by molar-refractivity contribution is -0.132. The van der Waals surface area contributed by atoms with Gasteiger partial charge in [0.05, 0.1) is 0 Å². The minimum atomic E-state index is 0.226. The highest BCUT2D eigenvalue weighted by atomic mass is 16.2. The molecular weight excluding hydrogens is 186 g/mol. The zero-order valence-electron chi connectivity index (χ0n) is 8.94. The highest BCUT2D eigenvalue weighted by Crippen LogP contribution is 2.33. The maximum absolute atomic E-state index is 11.9. The quantitative estimate of drug-likeness (QED) is 0.628. The van der Waals surface area contributed by atoms with Crippen LogP contribution in [0, 0.1) is 5.92 Å². The van der Waals surface area contributed by atoms with Crippen LogP contribution >= 0.6 is 0 Å². The maximum Gasteiger partial charge on any atom is 0.226 e. The summed E-state index contributed by atoms with van der Waals surface area (Å²) in [6, 6.07) is 8.95. The molecule has 1 aromatic rings.